The summed E-state index contributed by atoms with van der Waals surface area (Å²) >= 11 is 14.6. The number of hydrogen-bond donors (Lipinski definition) is 1. The lowest BCUT2D eigenvalue weighted by molar-refractivity contribution is -0.119. The molecule has 1 N–H and O–H groups in total. The topological polar surface area (TPSA) is 83.8 Å². The van der Waals surface area contributed by atoms with Crippen molar-refractivity contribution >= 4 is 73.6 Å². The van der Waals surface area contributed by atoms with Crippen molar-refractivity contribution in [2.24, 2.45) is 5.10 Å². The van der Waals surface area contributed by atoms with Gasteiger partial charge in [0.2, 0.25) is 0 Å². The molecule has 196 valence electrons. The first-order chi connectivity index (χ1) is 18.1. The van der Waals surface area contributed by atoms with E-state index in [1.54, 1.807) is 54.6 Å². The van der Waals surface area contributed by atoms with Crippen LogP contribution >= 0.6 is 45.8 Å². The van der Waals surface area contributed by atoms with Gasteiger partial charge in [-0.3, -0.25) is 9.10 Å². The third-order valence-electron chi connectivity index (χ3n) is 5.75. The van der Waals surface area contributed by atoms with Gasteiger partial charge < -0.3 is 4.57 Å². The molecule has 0 unspecified atom stereocenters. The lowest BCUT2D eigenvalue weighted by atomic mass is 10.2. The van der Waals surface area contributed by atoms with Crippen LogP contribution in [0.3, 0.4) is 0 Å². The van der Waals surface area contributed by atoms with Crippen LogP contribution in [0.2, 0.25) is 10.0 Å². The van der Waals surface area contributed by atoms with E-state index in [0.29, 0.717) is 15.7 Å². The molecule has 0 saturated heterocycles. The quantitative estimate of drug-likeness (QED) is 0.134. The Morgan fingerprint density at radius 2 is 1.71 bits per heavy atom. The summed E-state index contributed by atoms with van der Waals surface area (Å²) in [7, 11) is -3.99. The van der Waals surface area contributed by atoms with Crippen LogP contribution in [-0.2, 0) is 14.8 Å². The summed E-state index contributed by atoms with van der Waals surface area (Å²) in [5.74, 6) is -0.589. The Kier molecular flexibility index (Phi) is 8.81. The summed E-state index contributed by atoms with van der Waals surface area (Å²) in [6.07, 6.45) is 1.52. The van der Waals surface area contributed by atoms with Gasteiger partial charge in [-0.1, -0.05) is 41.4 Å². The molecule has 0 saturated carbocycles. The van der Waals surface area contributed by atoms with Crippen molar-refractivity contribution in [1.82, 2.24) is 9.99 Å². The van der Waals surface area contributed by atoms with E-state index in [4.69, 9.17) is 23.2 Å². The van der Waals surface area contributed by atoms with Crippen LogP contribution in [0.4, 0.5) is 5.69 Å². The minimum absolute atomic E-state index is 0.0863. The van der Waals surface area contributed by atoms with Crippen molar-refractivity contribution in [3.8, 4) is 5.69 Å². The SMILES string of the molecule is Cc1cc(/C=N\NC(=O)CN(c2ccc(I)cc2)S(=O)(=O)c2ccccc2)c(C)n1-c1ccc(Cl)cc1Cl. The number of anilines is 1. The van der Waals surface area contributed by atoms with Gasteiger partial charge in [0.05, 0.1) is 27.5 Å². The molecule has 3 aromatic carbocycles. The normalized spacial score (nSPS) is 11.6. The van der Waals surface area contributed by atoms with E-state index in [-0.39, 0.29) is 4.90 Å². The predicted molar refractivity (Wildman–Crippen MR) is 161 cm³/mol. The van der Waals surface area contributed by atoms with E-state index in [9.17, 15) is 13.2 Å². The number of sulfonamides is 1. The summed E-state index contributed by atoms with van der Waals surface area (Å²) in [6.45, 7) is 3.39. The standard InChI is InChI=1S/C27H23Cl2IN4O3S/c1-18-14-20(19(2)34(18)26-13-8-21(28)15-25(26)29)16-31-32-27(35)17-33(23-11-9-22(30)10-12-23)38(36,37)24-6-4-3-5-7-24/h3-16H,17H2,1-2H3,(H,32,35)/b31-16-. The number of nitrogens with one attached hydrogen (secondary N) is 1. The number of halogens is 3. The second-order valence-electron chi connectivity index (χ2n) is 8.35. The van der Waals surface area contributed by atoms with Gasteiger partial charge in [-0.15, -0.1) is 0 Å². The second-order valence-corrected chi connectivity index (χ2v) is 12.3. The Morgan fingerprint density at radius 1 is 1.03 bits per heavy atom. The summed E-state index contributed by atoms with van der Waals surface area (Å²) < 4.78 is 30.8. The summed E-state index contributed by atoms with van der Waals surface area (Å²) in [5, 5.41) is 5.13. The minimum Gasteiger partial charge on any atom is -0.316 e. The molecule has 4 aromatic rings. The molecule has 1 heterocycles. The first-order valence-electron chi connectivity index (χ1n) is 11.4. The van der Waals surface area contributed by atoms with E-state index < -0.39 is 22.5 Å². The molecule has 38 heavy (non-hydrogen) atoms. The zero-order valence-corrected chi connectivity index (χ0v) is 24.9. The molecule has 7 nitrogen and oxygen atoms in total. The lowest BCUT2D eigenvalue weighted by Gasteiger charge is -2.23. The van der Waals surface area contributed by atoms with Crippen molar-refractivity contribution in [1.29, 1.82) is 0 Å². The zero-order valence-electron chi connectivity index (χ0n) is 20.4. The van der Waals surface area contributed by atoms with Crippen molar-refractivity contribution in [2.45, 2.75) is 18.7 Å². The fourth-order valence-corrected chi connectivity index (χ4v) is 6.23. The molecule has 0 radical (unpaired) electrons. The largest absolute Gasteiger partial charge is 0.316 e. The van der Waals surface area contributed by atoms with Gasteiger partial charge in [0.25, 0.3) is 15.9 Å². The van der Waals surface area contributed by atoms with Crippen LogP contribution in [0, 0.1) is 17.4 Å². The number of aryl methyl sites for hydroxylation is 1. The Morgan fingerprint density at radius 3 is 2.37 bits per heavy atom. The van der Waals surface area contributed by atoms with Gasteiger partial charge in [-0.2, -0.15) is 5.10 Å². The number of carbonyl (C=O) groups excluding carboxylic acids is 1. The predicted octanol–water partition coefficient (Wildman–Crippen LogP) is 6.35. The highest BCUT2D eigenvalue weighted by atomic mass is 127. The monoisotopic (exact) mass is 680 g/mol. The second kappa shape index (κ2) is 11.9. The maximum Gasteiger partial charge on any atom is 0.264 e. The van der Waals surface area contributed by atoms with Crippen LogP contribution < -0.4 is 9.73 Å². The smallest absolute Gasteiger partial charge is 0.264 e. The van der Waals surface area contributed by atoms with Crippen molar-refractivity contribution in [2.75, 3.05) is 10.8 Å². The van der Waals surface area contributed by atoms with Gasteiger partial charge in [-0.05, 0) is 97.1 Å². The Hall–Kier alpha value is -2.86. The number of hydrazone groups is 1. The van der Waals surface area contributed by atoms with Gasteiger partial charge in [0.1, 0.15) is 6.54 Å². The molecule has 11 heteroatoms. The van der Waals surface area contributed by atoms with Gasteiger partial charge in [0.15, 0.2) is 0 Å². The first kappa shape index (κ1) is 28.2. The van der Waals surface area contributed by atoms with E-state index in [0.717, 1.165) is 30.5 Å². The molecule has 0 fully saturated rings. The number of amides is 1. The van der Waals surface area contributed by atoms with Crippen LogP contribution in [-0.4, -0.2) is 31.7 Å². The molecule has 0 aliphatic rings. The molecule has 0 aliphatic carbocycles. The van der Waals surface area contributed by atoms with E-state index >= 15 is 0 Å². The zero-order chi connectivity index (χ0) is 27.4. The molecule has 0 spiro atoms. The summed E-state index contributed by atoms with van der Waals surface area (Å²) in [4.78, 5) is 12.9. The van der Waals surface area contributed by atoms with Crippen LogP contribution in [0.5, 0.6) is 0 Å². The number of rotatable bonds is 8. The van der Waals surface area contributed by atoms with E-state index in [1.165, 1.54) is 18.3 Å². The summed E-state index contributed by atoms with van der Waals surface area (Å²) in [6, 6.07) is 22.1. The molecule has 0 atom stereocenters. The first-order valence-corrected chi connectivity index (χ1v) is 14.6. The van der Waals surface area contributed by atoms with Gasteiger partial charge >= 0.3 is 0 Å². The van der Waals surface area contributed by atoms with E-state index in [2.05, 4.69) is 33.1 Å². The Labute approximate surface area is 245 Å². The maximum atomic E-state index is 13.4. The lowest BCUT2D eigenvalue weighted by Crippen LogP contribution is -2.39. The van der Waals surface area contributed by atoms with Crippen molar-refractivity contribution in [3.05, 3.63) is 109 Å². The highest BCUT2D eigenvalue weighted by molar-refractivity contribution is 14.1. The molecule has 4 rings (SSSR count). The number of hydrogen-bond acceptors (Lipinski definition) is 4. The van der Waals surface area contributed by atoms with E-state index in [1.807, 2.05) is 30.5 Å². The van der Waals surface area contributed by atoms with Crippen LogP contribution in [0.15, 0.2) is 88.9 Å². The van der Waals surface area contributed by atoms with Crippen LogP contribution in [0.25, 0.3) is 5.69 Å². The van der Waals surface area contributed by atoms with Gasteiger partial charge in [0, 0.05) is 25.5 Å². The highest BCUT2D eigenvalue weighted by Gasteiger charge is 2.27. The maximum absolute atomic E-state index is 13.4. The average Bonchev–Trinajstić information content (AvgIpc) is 3.16. The van der Waals surface area contributed by atoms with Crippen molar-refractivity contribution < 1.29 is 13.2 Å². The Balaban J connectivity index is 1.55. The molecule has 1 amide bonds. The number of nitrogens with zero attached hydrogens (tertiary/aromatic N) is 3. The number of aromatic nitrogens is 1. The molecule has 0 bridgehead atoms. The fraction of sp³-hybridized carbons (Fsp3) is 0.111. The third-order valence-corrected chi connectivity index (χ3v) is 8.79. The molecular formula is C27H23Cl2IN4O3S. The number of carbonyl (C=O) groups is 1. The minimum atomic E-state index is -3.99. The molecule has 1 aromatic heterocycles. The van der Waals surface area contributed by atoms with Crippen molar-refractivity contribution in [3.63, 3.8) is 0 Å². The molecular weight excluding hydrogens is 658 g/mol. The Bertz CT molecular complexity index is 1610. The highest BCUT2D eigenvalue weighted by Crippen LogP contribution is 2.28. The van der Waals surface area contributed by atoms with Gasteiger partial charge in [-0.25, -0.2) is 13.8 Å². The number of benzene rings is 3. The average molecular weight is 681 g/mol. The fourth-order valence-electron chi connectivity index (χ4n) is 3.93. The summed E-state index contributed by atoms with van der Waals surface area (Å²) in [5.41, 5.74) is 6.13. The molecule has 0 aliphatic heterocycles. The van der Waals surface area contributed by atoms with Crippen LogP contribution in [0.1, 0.15) is 17.0 Å². The third kappa shape index (κ3) is 6.23.